The molecule has 2 unspecified atom stereocenters. The van der Waals surface area contributed by atoms with Gasteiger partial charge in [0, 0.05) is 12.1 Å². The maximum absolute atomic E-state index is 13.0. The second-order valence-electron chi connectivity index (χ2n) is 5.11. The highest BCUT2D eigenvalue weighted by Gasteiger charge is 2.15. The Kier molecular flexibility index (Phi) is 4.85. The van der Waals surface area contributed by atoms with Crippen molar-refractivity contribution >= 4 is 0 Å². The third-order valence-corrected chi connectivity index (χ3v) is 3.62. The molecule has 0 saturated heterocycles. The highest BCUT2D eigenvalue weighted by Crippen LogP contribution is 2.22. The van der Waals surface area contributed by atoms with Gasteiger partial charge in [-0.2, -0.15) is 0 Å². The first-order valence-electron chi connectivity index (χ1n) is 7.04. The normalized spacial score (nSPS) is 14.0. The third kappa shape index (κ3) is 3.42. The molecule has 1 N–H and O–H groups in total. The zero-order valence-corrected chi connectivity index (χ0v) is 12.2. The topological polar surface area (TPSA) is 24.9 Å². The Morgan fingerprint density at radius 2 is 1.95 bits per heavy atom. The lowest BCUT2D eigenvalue weighted by atomic mass is 10.0. The van der Waals surface area contributed by atoms with Crippen LogP contribution in [0.15, 0.2) is 42.6 Å². The van der Waals surface area contributed by atoms with Crippen molar-refractivity contribution in [2.24, 2.45) is 0 Å². The van der Waals surface area contributed by atoms with Crippen LogP contribution in [0.2, 0.25) is 0 Å². The third-order valence-electron chi connectivity index (χ3n) is 3.62. The molecule has 0 amide bonds. The summed E-state index contributed by atoms with van der Waals surface area (Å²) in [5, 5.41) is 3.57. The zero-order chi connectivity index (χ0) is 14.5. The first-order chi connectivity index (χ1) is 9.61. The fourth-order valence-corrected chi connectivity index (χ4v) is 2.47. The Balaban J connectivity index is 2.14. The summed E-state index contributed by atoms with van der Waals surface area (Å²) in [4.78, 5) is 4.18. The number of benzene rings is 1. The van der Waals surface area contributed by atoms with Crippen LogP contribution in [0.25, 0.3) is 0 Å². The van der Waals surface area contributed by atoms with Gasteiger partial charge in [0.05, 0.1) is 11.9 Å². The molecule has 2 aromatic rings. The quantitative estimate of drug-likeness (QED) is 0.876. The van der Waals surface area contributed by atoms with Gasteiger partial charge in [-0.25, -0.2) is 4.39 Å². The highest BCUT2D eigenvalue weighted by molar-refractivity contribution is 5.28. The molecule has 2 atom stereocenters. The Bertz CT molecular complexity index is 551. The second kappa shape index (κ2) is 6.62. The summed E-state index contributed by atoms with van der Waals surface area (Å²) in [6.07, 6.45) is 2.19. The van der Waals surface area contributed by atoms with Gasteiger partial charge in [0.2, 0.25) is 0 Å². The van der Waals surface area contributed by atoms with Gasteiger partial charge in [-0.1, -0.05) is 31.2 Å². The predicted octanol–water partition coefficient (Wildman–Crippen LogP) is 4.33. The van der Waals surface area contributed by atoms with Crippen LogP contribution in [0.4, 0.5) is 4.39 Å². The fraction of sp³-hybridized carbons (Fsp3) is 0.353. The van der Waals surface area contributed by atoms with Crippen molar-refractivity contribution in [3.8, 4) is 0 Å². The van der Waals surface area contributed by atoms with Gasteiger partial charge in [0.1, 0.15) is 5.82 Å². The van der Waals surface area contributed by atoms with Gasteiger partial charge < -0.3 is 5.32 Å². The van der Waals surface area contributed by atoms with Crippen LogP contribution in [0.1, 0.15) is 49.2 Å². The lowest BCUT2D eigenvalue weighted by molar-refractivity contribution is 0.446. The molecule has 3 heteroatoms. The largest absolute Gasteiger partial charge is 0.302 e. The number of nitrogens with one attached hydrogen (secondary N) is 1. The summed E-state index contributed by atoms with van der Waals surface area (Å²) in [6, 6.07) is 11.9. The number of pyridine rings is 1. The molecule has 1 heterocycles. The first-order valence-corrected chi connectivity index (χ1v) is 7.04. The average Bonchev–Trinajstić information content (AvgIpc) is 2.46. The van der Waals surface area contributed by atoms with Crippen molar-refractivity contribution in [2.75, 3.05) is 0 Å². The lowest BCUT2D eigenvalue weighted by Gasteiger charge is -2.23. The lowest BCUT2D eigenvalue weighted by Crippen LogP contribution is -2.25. The molecule has 0 aliphatic rings. The van der Waals surface area contributed by atoms with E-state index in [1.54, 1.807) is 6.07 Å². The van der Waals surface area contributed by atoms with Crippen LogP contribution in [-0.4, -0.2) is 4.98 Å². The second-order valence-corrected chi connectivity index (χ2v) is 5.11. The Morgan fingerprint density at radius 1 is 1.20 bits per heavy atom. The van der Waals surface area contributed by atoms with E-state index in [-0.39, 0.29) is 17.9 Å². The van der Waals surface area contributed by atoms with E-state index < -0.39 is 0 Å². The van der Waals surface area contributed by atoms with E-state index in [1.165, 1.54) is 23.4 Å². The molecular formula is C17H21FN2. The number of nitrogens with zero attached hydrogens (tertiary/aromatic N) is 1. The van der Waals surface area contributed by atoms with Crippen LogP contribution >= 0.6 is 0 Å². The minimum Gasteiger partial charge on any atom is -0.302 e. The molecule has 0 spiro atoms. The molecule has 0 aliphatic carbocycles. The van der Waals surface area contributed by atoms with Crippen molar-refractivity contribution in [3.05, 3.63) is 65.2 Å². The van der Waals surface area contributed by atoms with E-state index in [0.29, 0.717) is 0 Å². The molecule has 20 heavy (non-hydrogen) atoms. The van der Waals surface area contributed by atoms with Crippen LogP contribution in [0, 0.1) is 12.7 Å². The minimum atomic E-state index is -0.296. The molecule has 2 rings (SSSR count). The average molecular weight is 272 g/mol. The first kappa shape index (κ1) is 14.7. The SMILES string of the molecule is CCC(NC(C)c1ccccc1C)c1ccc(F)cn1. The Hall–Kier alpha value is -1.74. The van der Waals surface area contributed by atoms with Gasteiger partial charge in [0.25, 0.3) is 0 Å². The van der Waals surface area contributed by atoms with Gasteiger partial charge >= 0.3 is 0 Å². The number of aryl methyl sites for hydroxylation is 1. The summed E-state index contributed by atoms with van der Waals surface area (Å²) in [5.41, 5.74) is 3.44. The number of hydrogen-bond donors (Lipinski definition) is 1. The van der Waals surface area contributed by atoms with Gasteiger partial charge in [-0.05, 0) is 43.5 Å². The highest BCUT2D eigenvalue weighted by atomic mass is 19.1. The fourth-order valence-electron chi connectivity index (χ4n) is 2.47. The maximum atomic E-state index is 13.0. The van der Waals surface area contributed by atoms with Crippen molar-refractivity contribution in [2.45, 2.75) is 39.3 Å². The van der Waals surface area contributed by atoms with Crippen LogP contribution in [0.5, 0.6) is 0 Å². The zero-order valence-electron chi connectivity index (χ0n) is 12.2. The van der Waals surface area contributed by atoms with E-state index in [1.807, 2.05) is 6.07 Å². The smallest absolute Gasteiger partial charge is 0.141 e. The molecular weight excluding hydrogens is 251 g/mol. The summed E-state index contributed by atoms with van der Waals surface area (Å²) in [5.74, 6) is -0.296. The van der Waals surface area contributed by atoms with Crippen molar-refractivity contribution in [1.82, 2.24) is 10.3 Å². The van der Waals surface area contributed by atoms with Crippen LogP contribution in [0.3, 0.4) is 0 Å². The van der Waals surface area contributed by atoms with Crippen molar-refractivity contribution < 1.29 is 4.39 Å². The molecule has 0 aliphatic heterocycles. The van der Waals surface area contributed by atoms with Crippen LogP contribution < -0.4 is 5.32 Å². The van der Waals surface area contributed by atoms with E-state index in [9.17, 15) is 4.39 Å². The summed E-state index contributed by atoms with van der Waals surface area (Å²) >= 11 is 0. The Labute approximate surface area is 120 Å². The van der Waals surface area contributed by atoms with E-state index in [4.69, 9.17) is 0 Å². The number of rotatable bonds is 5. The molecule has 0 bridgehead atoms. The molecule has 0 radical (unpaired) electrons. The molecule has 0 fully saturated rings. The van der Waals surface area contributed by atoms with Crippen molar-refractivity contribution in [1.29, 1.82) is 0 Å². The maximum Gasteiger partial charge on any atom is 0.141 e. The van der Waals surface area contributed by atoms with E-state index >= 15 is 0 Å². The van der Waals surface area contributed by atoms with E-state index in [0.717, 1.165) is 12.1 Å². The summed E-state index contributed by atoms with van der Waals surface area (Å²) in [6.45, 7) is 6.37. The van der Waals surface area contributed by atoms with Gasteiger partial charge in [-0.15, -0.1) is 0 Å². The van der Waals surface area contributed by atoms with Gasteiger partial charge in [0.15, 0.2) is 0 Å². The van der Waals surface area contributed by atoms with Crippen LogP contribution in [-0.2, 0) is 0 Å². The standard InChI is InChI=1S/C17H21FN2/c1-4-16(17-10-9-14(18)11-19-17)20-13(3)15-8-6-5-7-12(15)2/h5-11,13,16,20H,4H2,1-3H3. The molecule has 1 aromatic carbocycles. The van der Waals surface area contributed by atoms with E-state index in [2.05, 4.69) is 49.3 Å². The molecule has 2 nitrogen and oxygen atoms in total. The Morgan fingerprint density at radius 3 is 2.55 bits per heavy atom. The molecule has 1 aromatic heterocycles. The van der Waals surface area contributed by atoms with Gasteiger partial charge in [-0.3, -0.25) is 4.98 Å². The summed E-state index contributed by atoms with van der Waals surface area (Å²) in [7, 11) is 0. The predicted molar refractivity (Wildman–Crippen MR) is 80.0 cm³/mol. The number of hydrogen-bond acceptors (Lipinski definition) is 2. The number of aromatic nitrogens is 1. The van der Waals surface area contributed by atoms with Crippen molar-refractivity contribution in [3.63, 3.8) is 0 Å². The molecule has 106 valence electrons. The molecule has 0 saturated carbocycles. The summed E-state index contributed by atoms with van der Waals surface area (Å²) < 4.78 is 13.0. The number of halogens is 1. The minimum absolute atomic E-state index is 0.130. The monoisotopic (exact) mass is 272 g/mol.